The third-order valence-corrected chi connectivity index (χ3v) is 4.90. The van der Waals surface area contributed by atoms with Gasteiger partial charge in [0.1, 0.15) is 0 Å². The molecular formula is C13H26N2. The zero-order valence-corrected chi connectivity index (χ0v) is 10.8. The second-order valence-electron chi connectivity index (χ2n) is 5.86. The predicted octanol–water partition coefficient (Wildman–Crippen LogP) is 2.61. The fourth-order valence-electron chi connectivity index (χ4n) is 3.11. The van der Waals surface area contributed by atoms with Crippen LogP contribution in [0.1, 0.15) is 40.5 Å². The maximum Gasteiger partial charge on any atom is 0.0202 e. The molecule has 0 aromatic heterocycles. The van der Waals surface area contributed by atoms with E-state index in [0.717, 1.165) is 11.8 Å². The first-order chi connectivity index (χ1) is 7.10. The van der Waals surface area contributed by atoms with Crippen LogP contribution in [0.25, 0.3) is 0 Å². The molecular weight excluding hydrogens is 184 g/mol. The van der Waals surface area contributed by atoms with Crippen molar-refractivity contribution in [2.45, 2.75) is 40.5 Å². The average Bonchev–Trinajstić information content (AvgIpc) is 2.58. The van der Waals surface area contributed by atoms with Gasteiger partial charge in [-0.2, -0.15) is 0 Å². The van der Waals surface area contributed by atoms with Crippen molar-refractivity contribution >= 4 is 0 Å². The molecule has 0 aromatic carbocycles. The molecule has 0 aromatic rings. The highest BCUT2D eigenvalue weighted by Crippen LogP contribution is 2.38. The molecule has 2 aliphatic heterocycles. The summed E-state index contributed by atoms with van der Waals surface area (Å²) in [6.45, 7) is 14.7. The molecule has 0 amide bonds. The topological polar surface area (TPSA) is 6.48 Å². The van der Waals surface area contributed by atoms with Gasteiger partial charge < -0.3 is 0 Å². The Bertz CT molecular complexity index is 203. The van der Waals surface area contributed by atoms with Gasteiger partial charge in [-0.3, -0.25) is 0 Å². The molecule has 2 fully saturated rings. The van der Waals surface area contributed by atoms with E-state index in [1.54, 1.807) is 0 Å². The van der Waals surface area contributed by atoms with Gasteiger partial charge in [-0.15, -0.1) is 0 Å². The molecule has 2 saturated heterocycles. The van der Waals surface area contributed by atoms with Gasteiger partial charge in [-0.1, -0.05) is 27.7 Å². The van der Waals surface area contributed by atoms with Crippen molar-refractivity contribution in [1.82, 2.24) is 10.0 Å². The van der Waals surface area contributed by atoms with E-state index in [0.29, 0.717) is 5.41 Å². The van der Waals surface area contributed by atoms with Gasteiger partial charge in [0, 0.05) is 26.2 Å². The smallest absolute Gasteiger partial charge is 0.0202 e. The molecule has 0 spiro atoms. The largest absolute Gasteiger partial charge is 0.241 e. The van der Waals surface area contributed by atoms with Crippen LogP contribution in [0.2, 0.25) is 0 Å². The van der Waals surface area contributed by atoms with Gasteiger partial charge in [0.2, 0.25) is 0 Å². The molecule has 0 unspecified atom stereocenters. The number of nitrogens with zero attached hydrogens (tertiary/aromatic N) is 2. The van der Waals surface area contributed by atoms with E-state index in [-0.39, 0.29) is 0 Å². The number of hydrogen-bond donors (Lipinski definition) is 0. The van der Waals surface area contributed by atoms with E-state index in [1.165, 1.54) is 39.0 Å². The summed E-state index contributed by atoms with van der Waals surface area (Å²) < 4.78 is 0. The highest BCUT2D eigenvalue weighted by molar-refractivity contribution is 4.92. The zero-order valence-electron chi connectivity index (χ0n) is 10.8. The minimum absolute atomic E-state index is 0.587. The Morgan fingerprint density at radius 1 is 0.933 bits per heavy atom. The monoisotopic (exact) mass is 210 g/mol. The van der Waals surface area contributed by atoms with E-state index in [4.69, 9.17) is 0 Å². The Morgan fingerprint density at radius 2 is 1.33 bits per heavy atom. The van der Waals surface area contributed by atoms with Crippen molar-refractivity contribution in [2.75, 3.05) is 26.2 Å². The van der Waals surface area contributed by atoms with Crippen LogP contribution in [0.4, 0.5) is 0 Å². The molecule has 0 aliphatic carbocycles. The zero-order chi connectivity index (χ0) is 11.1. The third kappa shape index (κ3) is 1.94. The van der Waals surface area contributed by atoms with E-state index < -0.39 is 0 Å². The van der Waals surface area contributed by atoms with Crippen LogP contribution in [0.15, 0.2) is 0 Å². The summed E-state index contributed by atoms with van der Waals surface area (Å²) in [4.78, 5) is 0. The third-order valence-electron chi connectivity index (χ3n) is 4.90. The van der Waals surface area contributed by atoms with E-state index in [9.17, 15) is 0 Å². The van der Waals surface area contributed by atoms with Crippen LogP contribution in [0.3, 0.4) is 0 Å². The first kappa shape index (κ1) is 11.4. The van der Waals surface area contributed by atoms with Gasteiger partial charge in [0.15, 0.2) is 0 Å². The quantitative estimate of drug-likeness (QED) is 0.691. The molecule has 0 radical (unpaired) electrons. The predicted molar refractivity (Wildman–Crippen MR) is 64.5 cm³/mol. The Kier molecular flexibility index (Phi) is 3.09. The fourth-order valence-corrected chi connectivity index (χ4v) is 3.11. The first-order valence-electron chi connectivity index (χ1n) is 6.60. The summed E-state index contributed by atoms with van der Waals surface area (Å²) in [6, 6.07) is 0. The maximum atomic E-state index is 2.62. The SMILES string of the molecule is CCC1(CC)CN2C[C@@H](C)[C@@H](C)CN2C1. The van der Waals surface area contributed by atoms with Crippen LogP contribution in [-0.2, 0) is 0 Å². The molecule has 2 heteroatoms. The molecule has 2 rings (SSSR count). The van der Waals surface area contributed by atoms with Crippen LogP contribution in [0, 0.1) is 17.3 Å². The Morgan fingerprint density at radius 3 is 1.67 bits per heavy atom. The van der Waals surface area contributed by atoms with Gasteiger partial charge >= 0.3 is 0 Å². The highest BCUT2D eigenvalue weighted by atomic mass is 15.7. The van der Waals surface area contributed by atoms with Crippen LogP contribution in [-0.4, -0.2) is 36.2 Å². The van der Waals surface area contributed by atoms with E-state index in [2.05, 4.69) is 37.7 Å². The van der Waals surface area contributed by atoms with Crippen molar-refractivity contribution in [3.63, 3.8) is 0 Å². The number of hydrazine groups is 1. The lowest BCUT2D eigenvalue weighted by Crippen LogP contribution is -2.48. The summed E-state index contributed by atoms with van der Waals surface area (Å²) in [6.07, 6.45) is 2.67. The normalized spacial score (nSPS) is 36.8. The molecule has 2 nitrogen and oxygen atoms in total. The van der Waals surface area contributed by atoms with Gasteiger partial charge in [0.05, 0.1) is 0 Å². The van der Waals surface area contributed by atoms with Crippen LogP contribution < -0.4 is 0 Å². The van der Waals surface area contributed by atoms with Crippen molar-refractivity contribution in [3.8, 4) is 0 Å². The Balaban J connectivity index is 2.07. The summed E-state index contributed by atoms with van der Waals surface area (Å²) in [5.74, 6) is 1.73. The van der Waals surface area contributed by atoms with Crippen LogP contribution >= 0.6 is 0 Å². The maximum absolute atomic E-state index is 2.62. The minimum Gasteiger partial charge on any atom is -0.241 e. The Hall–Kier alpha value is -0.0800. The second-order valence-corrected chi connectivity index (χ2v) is 5.86. The average molecular weight is 210 g/mol. The van der Waals surface area contributed by atoms with E-state index >= 15 is 0 Å². The summed E-state index contributed by atoms with van der Waals surface area (Å²) in [7, 11) is 0. The summed E-state index contributed by atoms with van der Waals surface area (Å²) in [5, 5.41) is 5.25. The minimum atomic E-state index is 0.587. The molecule has 0 saturated carbocycles. The molecule has 2 aliphatic rings. The van der Waals surface area contributed by atoms with Gasteiger partial charge in [-0.25, -0.2) is 10.0 Å². The molecule has 2 heterocycles. The number of rotatable bonds is 2. The first-order valence-corrected chi connectivity index (χ1v) is 6.60. The summed E-state index contributed by atoms with van der Waals surface area (Å²) in [5.41, 5.74) is 0.587. The lowest BCUT2D eigenvalue weighted by atomic mass is 9.83. The van der Waals surface area contributed by atoms with Gasteiger partial charge in [-0.05, 0) is 30.1 Å². The molecule has 88 valence electrons. The molecule has 0 N–H and O–H groups in total. The van der Waals surface area contributed by atoms with Crippen molar-refractivity contribution in [3.05, 3.63) is 0 Å². The Labute approximate surface area is 94.6 Å². The number of hydrogen-bond acceptors (Lipinski definition) is 2. The van der Waals surface area contributed by atoms with E-state index in [1.807, 2.05) is 0 Å². The van der Waals surface area contributed by atoms with Gasteiger partial charge in [0.25, 0.3) is 0 Å². The van der Waals surface area contributed by atoms with Crippen molar-refractivity contribution in [1.29, 1.82) is 0 Å². The van der Waals surface area contributed by atoms with Crippen molar-refractivity contribution < 1.29 is 0 Å². The van der Waals surface area contributed by atoms with Crippen LogP contribution in [0.5, 0.6) is 0 Å². The molecule has 2 atom stereocenters. The molecule has 0 bridgehead atoms. The fraction of sp³-hybridized carbons (Fsp3) is 1.00. The lowest BCUT2D eigenvalue weighted by Gasteiger charge is -2.39. The summed E-state index contributed by atoms with van der Waals surface area (Å²) >= 11 is 0. The molecule has 15 heavy (non-hydrogen) atoms. The second kappa shape index (κ2) is 4.06. The number of fused-ring (bicyclic) bond motifs is 1. The van der Waals surface area contributed by atoms with Crippen molar-refractivity contribution in [2.24, 2.45) is 17.3 Å². The standard InChI is InChI=1S/C13H26N2/c1-5-13(6-2)9-14-7-11(3)12(4)8-15(14)10-13/h11-12H,5-10H2,1-4H3/t11-,12+. The lowest BCUT2D eigenvalue weighted by molar-refractivity contribution is -0.0475. The highest BCUT2D eigenvalue weighted by Gasteiger charge is 2.43.